The Kier molecular flexibility index (Phi) is 12.4. The molecule has 18 nitrogen and oxygen atoms in total. The standard InChI is InChI=1S/C12H15O18P3/c13-4(14)1-25-31(22)28-10-8(20)7(19)9(21)11(29-32(23)26-2-5(15)16)12(10)30-33(24)27-3-6(17)18/h7-12,19-21H,1-3H2/p+3/t7?,8-,9+,10-,11-,12?/m0/s1. The van der Waals surface area contributed by atoms with Gasteiger partial charge in [-0.15, -0.1) is 27.1 Å². The number of aliphatic hydroxyl groups is 3. The van der Waals surface area contributed by atoms with Crippen molar-refractivity contribution >= 4 is 42.7 Å². The van der Waals surface area contributed by atoms with Gasteiger partial charge in [-0.25, -0.2) is 14.4 Å². The minimum Gasteiger partial charge on any atom is -0.479 e. The number of hydrogen-bond acceptors (Lipinski definition) is 15. The summed E-state index contributed by atoms with van der Waals surface area (Å²) in [4.78, 5) is 31.6. The number of aliphatic carboxylic acids is 3. The summed E-state index contributed by atoms with van der Waals surface area (Å²) in [7, 11) is -10.1. The van der Waals surface area contributed by atoms with Gasteiger partial charge in [-0.3, -0.25) is 0 Å². The molecule has 0 spiro atoms. The summed E-state index contributed by atoms with van der Waals surface area (Å²) in [5, 5.41) is 56.0. The fraction of sp³-hybridized carbons (Fsp3) is 0.750. The van der Waals surface area contributed by atoms with Crippen molar-refractivity contribution in [1.29, 1.82) is 0 Å². The van der Waals surface area contributed by atoms with Gasteiger partial charge < -0.3 is 30.6 Å². The van der Waals surface area contributed by atoms with E-state index in [0.29, 0.717) is 0 Å². The van der Waals surface area contributed by atoms with Gasteiger partial charge in [-0.05, 0) is 0 Å². The Morgan fingerprint density at radius 2 is 0.818 bits per heavy atom. The Hall–Kier alpha value is -1.65. The molecule has 0 aliphatic heterocycles. The van der Waals surface area contributed by atoms with Crippen LogP contribution in [-0.4, -0.2) is 105 Å². The van der Waals surface area contributed by atoms with Crippen LogP contribution in [0.3, 0.4) is 0 Å². The molecule has 33 heavy (non-hydrogen) atoms. The SMILES string of the molecule is O=C(O)CO[P+](=O)OC1[C@@H](O[P+](=O)OCC(=O)O)[C@H](O)C(O)[C@H](O)[C@@H]1O[P+](=O)OCC(=O)O. The van der Waals surface area contributed by atoms with Gasteiger partial charge in [-0.1, -0.05) is 0 Å². The molecule has 1 aliphatic rings. The highest BCUT2D eigenvalue weighted by molar-refractivity contribution is 7.34. The van der Waals surface area contributed by atoms with Crippen LogP contribution in [-0.2, 0) is 55.2 Å². The lowest BCUT2D eigenvalue weighted by Crippen LogP contribution is -2.64. The molecular formula is C12H18O18P3+3. The summed E-state index contributed by atoms with van der Waals surface area (Å²) in [6, 6.07) is 0. The van der Waals surface area contributed by atoms with E-state index < -0.39 is 99.1 Å². The minimum atomic E-state index is -3.38. The summed E-state index contributed by atoms with van der Waals surface area (Å²) in [6.07, 6.45) is -12.8. The first-order chi connectivity index (χ1) is 15.3. The molecule has 0 bridgehead atoms. The summed E-state index contributed by atoms with van der Waals surface area (Å²) >= 11 is 0. The van der Waals surface area contributed by atoms with Crippen LogP contribution < -0.4 is 0 Å². The molecular weight excluding hydrogens is 525 g/mol. The first-order valence-corrected chi connectivity index (χ1v) is 11.6. The summed E-state index contributed by atoms with van der Waals surface area (Å²) in [5.41, 5.74) is 0. The van der Waals surface area contributed by atoms with Gasteiger partial charge in [0.25, 0.3) is 0 Å². The van der Waals surface area contributed by atoms with Crippen molar-refractivity contribution in [2.75, 3.05) is 19.8 Å². The Bertz CT molecular complexity index is 727. The Balaban J connectivity index is 3.15. The molecule has 6 N–H and O–H groups in total. The van der Waals surface area contributed by atoms with Crippen molar-refractivity contribution in [3.8, 4) is 0 Å². The Morgan fingerprint density at radius 3 is 1.09 bits per heavy atom. The fourth-order valence-corrected chi connectivity index (χ4v) is 4.40. The molecule has 9 atom stereocenters. The quantitative estimate of drug-likeness (QED) is 0.128. The number of aliphatic hydroxyl groups excluding tert-OH is 3. The molecule has 1 rings (SSSR count). The predicted molar refractivity (Wildman–Crippen MR) is 96.2 cm³/mol. The second-order valence-corrected chi connectivity index (χ2v) is 8.60. The first kappa shape index (κ1) is 29.4. The van der Waals surface area contributed by atoms with E-state index in [0.717, 1.165) is 0 Å². The Morgan fingerprint density at radius 1 is 0.545 bits per heavy atom. The van der Waals surface area contributed by atoms with Crippen LogP contribution >= 0.6 is 24.8 Å². The molecule has 0 heterocycles. The van der Waals surface area contributed by atoms with E-state index in [2.05, 4.69) is 13.6 Å². The molecule has 5 unspecified atom stereocenters. The van der Waals surface area contributed by atoms with E-state index in [1.165, 1.54) is 0 Å². The topological polar surface area (TPSA) is 279 Å². The molecule has 0 radical (unpaired) electrons. The number of hydrogen-bond donors (Lipinski definition) is 6. The first-order valence-electron chi connectivity index (χ1n) is 8.33. The van der Waals surface area contributed by atoms with Gasteiger partial charge in [0.15, 0.2) is 18.3 Å². The van der Waals surface area contributed by atoms with Crippen LogP contribution in [0.4, 0.5) is 0 Å². The molecule has 0 aromatic carbocycles. The highest BCUT2D eigenvalue weighted by atomic mass is 31.1. The number of carboxylic acids is 3. The monoisotopic (exact) mass is 543 g/mol. The Labute approximate surface area is 185 Å². The van der Waals surface area contributed by atoms with E-state index in [1.807, 2.05) is 0 Å². The zero-order chi connectivity index (χ0) is 25.3. The number of rotatable bonds is 15. The highest BCUT2D eigenvalue weighted by Gasteiger charge is 2.61. The average Bonchev–Trinajstić information content (AvgIpc) is 2.73. The van der Waals surface area contributed by atoms with E-state index in [-0.39, 0.29) is 0 Å². The zero-order valence-electron chi connectivity index (χ0n) is 16.0. The van der Waals surface area contributed by atoms with Crippen LogP contribution in [0.2, 0.25) is 0 Å². The van der Waals surface area contributed by atoms with E-state index in [9.17, 15) is 43.4 Å². The predicted octanol–water partition coefficient (Wildman–Crippen LogP) is -1.49. The normalized spacial score (nSPS) is 28.6. The third kappa shape index (κ3) is 10.0. The minimum absolute atomic E-state index is 1.13. The summed E-state index contributed by atoms with van der Waals surface area (Å²) in [5.74, 6) is -4.70. The van der Waals surface area contributed by atoms with Crippen molar-refractivity contribution in [3.05, 3.63) is 0 Å². The molecule has 0 saturated heterocycles. The van der Waals surface area contributed by atoms with Gasteiger partial charge >= 0.3 is 42.7 Å². The van der Waals surface area contributed by atoms with Gasteiger partial charge in [0.05, 0.1) is 0 Å². The van der Waals surface area contributed by atoms with Crippen LogP contribution in [0, 0.1) is 0 Å². The molecule has 1 fully saturated rings. The summed E-state index contributed by atoms with van der Waals surface area (Å²) in [6.45, 7) is -3.39. The summed E-state index contributed by atoms with van der Waals surface area (Å²) < 4.78 is 63.1. The van der Waals surface area contributed by atoms with Gasteiger partial charge in [0.2, 0.25) is 19.8 Å². The third-order valence-electron chi connectivity index (χ3n) is 3.52. The second kappa shape index (κ2) is 13.9. The van der Waals surface area contributed by atoms with Gasteiger partial charge in [0, 0.05) is 13.7 Å². The largest absolute Gasteiger partial charge is 0.698 e. The van der Waals surface area contributed by atoms with Crippen LogP contribution in [0.5, 0.6) is 0 Å². The molecule has 1 aliphatic carbocycles. The number of carboxylic acid groups (broad SMARTS) is 3. The molecule has 0 aromatic rings. The maximum Gasteiger partial charge on any atom is 0.698 e. The van der Waals surface area contributed by atoms with Crippen molar-refractivity contribution in [1.82, 2.24) is 0 Å². The molecule has 186 valence electrons. The van der Waals surface area contributed by atoms with Crippen molar-refractivity contribution < 1.29 is 85.9 Å². The molecule has 0 aromatic heterocycles. The smallest absolute Gasteiger partial charge is 0.479 e. The molecule has 1 saturated carbocycles. The second-order valence-electron chi connectivity index (χ2n) is 5.85. The third-order valence-corrected chi connectivity index (χ3v) is 5.79. The molecule has 0 amide bonds. The molecule has 21 heteroatoms. The lowest BCUT2D eigenvalue weighted by atomic mass is 9.85. The maximum atomic E-state index is 11.9. The van der Waals surface area contributed by atoms with Crippen molar-refractivity contribution in [3.63, 3.8) is 0 Å². The van der Waals surface area contributed by atoms with Gasteiger partial charge in [0.1, 0.15) is 18.3 Å². The van der Waals surface area contributed by atoms with Crippen LogP contribution in [0.1, 0.15) is 0 Å². The fourth-order valence-electron chi connectivity index (χ4n) is 2.24. The van der Waals surface area contributed by atoms with Crippen LogP contribution in [0.25, 0.3) is 0 Å². The van der Waals surface area contributed by atoms with Crippen LogP contribution in [0.15, 0.2) is 0 Å². The zero-order valence-corrected chi connectivity index (χ0v) is 18.7. The van der Waals surface area contributed by atoms with E-state index in [4.69, 9.17) is 28.9 Å². The average molecular weight is 543 g/mol. The lowest BCUT2D eigenvalue weighted by Gasteiger charge is -2.38. The van der Waals surface area contributed by atoms with E-state index >= 15 is 0 Å². The van der Waals surface area contributed by atoms with Gasteiger partial charge in [-0.2, -0.15) is 0 Å². The lowest BCUT2D eigenvalue weighted by molar-refractivity contribution is -0.206. The number of carbonyl (C=O) groups is 3. The highest BCUT2D eigenvalue weighted by Crippen LogP contribution is 2.42. The van der Waals surface area contributed by atoms with E-state index in [1.54, 1.807) is 0 Å². The van der Waals surface area contributed by atoms with Crippen molar-refractivity contribution in [2.45, 2.75) is 36.6 Å². The maximum absolute atomic E-state index is 11.9. The van der Waals surface area contributed by atoms with Crippen molar-refractivity contribution in [2.24, 2.45) is 0 Å².